The Balaban J connectivity index is 2.45. The maximum absolute atomic E-state index is 11.1. The third-order valence-electron chi connectivity index (χ3n) is 2.08. The van der Waals surface area contributed by atoms with Crippen molar-refractivity contribution in [1.29, 1.82) is 0 Å². The number of hydrogen-bond acceptors (Lipinski definition) is 4. The maximum atomic E-state index is 11.1. The Morgan fingerprint density at radius 2 is 2.44 bits per heavy atom. The largest absolute Gasteiger partial charge is 0.465 e. The zero-order valence-electron chi connectivity index (χ0n) is 9.40. The van der Waals surface area contributed by atoms with Crippen molar-refractivity contribution in [3.8, 4) is 0 Å². The summed E-state index contributed by atoms with van der Waals surface area (Å²) in [6, 6.07) is 3.52. The van der Waals surface area contributed by atoms with E-state index in [9.17, 15) is 4.79 Å². The van der Waals surface area contributed by atoms with E-state index in [1.54, 1.807) is 6.07 Å². The second-order valence-corrected chi connectivity index (χ2v) is 3.28. The molecule has 0 aromatic carbocycles. The molecule has 1 heterocycles. The summed E-state index contributed by atoms with van der Waals surface area (Å²) < 4.78 is 4.58. The molecule has 0 spiro atoms. The number of nitrogens with one attached hydrogen (secondary N) is 1. The lowest BCUT2D eigenvalue weighted by Gasteiger charge is -2.03. The van der Waals surface area contributed by atoms with Gasteiger partial charge in [-0.15, -0.1) is 6.58 Å². The molecule has 1 aromatic rings. The van der Waals surface area contributed by atoms with Crippen LogP contribution >= 0.6 is 0 Å². The molecule has 4 nitrogen and oxygen atoms in total. The molecule has 86 valence electrons. The molecule has 16 heavy (non-hydrogen) atoms. The van der Waals surface area contributed by atoms with Gasteiger partial charge < -0.3 is 10.1 Å². The molecule has 0 fully saturated rings. The number of aromatic nitrogens is 1. The van der Waals surface area contributed by atoms with Crippen molar-refractivity contribution < 1.29 is 9.53 Å². The van der Waals surface area contributed by atoms with Crippen molar-refractivity contribution in [1.82, 2.24) is 10.3 Å². The van der Waals surface area contributed by atoms with Gasteiger partial charge in [0.05, 0.1) is 18.4 Å². The minimum atomic E-state index is -0.362. The fourth-order valence-electron chi connectivity index (χ4n) is 1.19. The number of esters is 1. The van der Waals surface area contributed by atoms with Crippen molar-refractivity contribution >= 4 is 5.97 Å². The number of carbonyl (C=O) groups is 1. The number of rotatable bonds is 6. The van der Waals surface area contributed by atoms with Gasteiger partial charge in [0.25, 0.3) is 0 Å². The number of nitrogens with zero attached hydrogens (tertiary/aromatic N) is 1. The first-order valence-corrected chi connectivity index (χ1v) is 5.12. The van der Waals surface area contributed by atoms with E-state index < -0.39 is 0 Å². The highest BCUT2D eigenvalue weighted by molar-refractivity contribution is 5.88. The molecule has 0 aliphatic heterocycles. The molecule has 0 bridgehead atoms. The Morgan fingerprint density at radius 1 is 1.62 bits per heavy atom. The molecule has 0 aliphatic rings. The van der Waals surface area contributed by atoms with Gasteiger partial charge in [0, 0.05) is 12.7 Å². The lowest BCUT2D eigenvalue weighted by molar-refractivity contribution is 0.0600. The summed E-state index contributed by atoms with van der Waals surface area (Å²) in [6.45, 7) is 5.21. The highest BCUT2D eigenvalue weighted by atomic mass is 16.5. The van der Waals surface area contributed by atoms with Crippen LogP contribution in [-0.2, 0) is 11.3 Å². The second kappa shape index (κ2) is 6.74. The van der Waals surface area contributed by atoms with Crippen molar-refractivity contribution in [2.75, 3.05) is 13.7 Å². The van der Waals surface area contributed by atoms with E-state index in [2.05, 4.69) is 21.6 Å². The van der Waals surface area contributed by atoms with Gasteiger partial charge in [-0.25, -0.2) is 4.79 Å². The van der Waals surface area contributed by atoms with Gasteiger partial charge in [0.2, 0.25) is 0 Å². The zero-order chi connectivity index (χ0) is 11.8. The minimum Gasteiger partial charge on any atom is -0.465 e. The molecule has 4 heteroatoms. The third-order valence-corrected chi connectivity index (χ3v) is 2.08. The van der Waals surface area contributed by atoms with Gasteiger partial charge >= 0.3 is 5.97 Å². The molecule has 0 atom stereocenters. The van der Waals surface area contributed by atoms with Crippen LogP contribution in [-0.4, -0.2) is 24.6 Å². The van der Waals surface area contributed by atoms with Crippen LogP contribution in [0.2, 0.25) is 0 Å². The summed E-state index contributed by atoms with van der Waals surface area (Å²) in [7, 11) is 1.35. The lowest BCUT2D eigenvalue weighted by atomic mass is 10.2. The average Bonchev–Trinajstić information content (AvgIpc) is 2.34. The number of methoxy groups -OCH3 is 1. The summed E-state index contributed by atoms with van der Waals surface area (Å²) in [4.78, 5) is 15.3. The molecule has 0 unspecified atom stereocenters. The molecule has 0 saturated heterocycles. The van der Waals surface area contributed by atoms with Gasteiger partial charge in [-0.05, 0) is 25.1 Å². The van der Waals surface area contributed by atoms with Crippen LogP contribution in [0, 0.1) is 0 Å². The molecule has 0 aliphatic carbocycles. The maximum Gasteiger partial charge on any atom is 0.339 e. The van der Waals surface area contributed by atoms with Crippen LogP contribution in [0.15, 0.2) is 31.0 Å². The van der Waals surface area contributed by atoms with E-state index in [0.717, 1.165) is 18.7 Å². The predicted molar refractivity (Wildman–Crippen MR) is 62.1 cm³/mol. The number of ether oxygens (including phenoxy) is 1. The monoisotopic (exact) mass is 220 g/mol. The second-order valence-electron chi connectivity index (χ2n) is 3.28. The standard InChI is InChI=1S/C12H16N2O2/c1-3-4-7-13-9-11-6-5-10(8-14-11)12(15)16-2/h3,5-6,8,13H,1,4,7,9H2,2H3. The summed E-state index contributed by atoms with van der Waals surface area (Å²) in [5.74, 6) is -0.362. The van der Waals surface area contributed by atoms with Crippen LogP contribution < -0.4 is 5.32 Å². The van der Waals surface area contributed by atoms with Crippen LogP contribution in [0.3, 0.4) is 0 Å². The first-order valence-electron chi connectivity index (χ1n) is 5.12. The van der Waals surface area contributed by atoms with Gasteiger partial charge in [-0.1, -0.05) is 6.08 Å². The van der Waals surface area contributed by atoms with Gasteiger partial charge in [-0.2, -0.15) is 0 Å². The highest BCUT2D eigenvalue weighted by Crippen LogP contribution is 2.01. The normalized spacial score (nSPS) is 9.81. The van der Waals surface area contributed by atoms with Gasteiger partial charge in [0.1, 0.15) is 0 Å². The first-order chi connectivity index (χ1) is 7.77. The fourth-order valence-corrected chi connectivity index (χ4v) is 1.19. The average molecular weight is 220 g/mol. The topological polar surface area (TPSA) is 51.2 Å². The molecule has 1 rings (SSSR count). The summed E-state index contributed by atoms with van der Waals surface area (Å²) in [5.41, 5.74) is 1.37. The van der Waals surface area contributed by atoms with Crippen LogP contribution in [0.5, 0.6) is 0 Å². The van der Waals surface area contributed by atoms with E-state index in [4.69, 9.17) is 0 Å². The Kier molecular flexibility index (Phi) is 5.22. The quantitative estimate of drug-likeness (QED) is 0.449. The van der Waals surface area contributed by atoms with Crippen molar-refractivity contribution in [3.63, 3.8) is 0 Å². The highest BCUT2D eigenvalue weighted by Gasteiger charge is 2.04. The predicted octanol–water partition coefficient (Wildman–Crippen LogP) is 1.53. The molecule has 1 N–H and O–H groups in total. The Hall–Kier alpha value is -1.68. The number of pyridine rings is 1. The molecule has 0 amide bonds. The molecule has 0 saturated carbocycles. The molecule has 1 aromatic heterocycles. The molecular weight excluding hydrogens is 204 g/mol. The van der Waals surface area contributed by atoms with Crippen LogP contribution in [0.25, 0.3) is 0 Å². The van der Waals surface area contributed by atoms with Crippen molar-refractivity contribution in [2.24, 2.45) is 0 Å². The van der Waals surface area contributed by atoms with E-state index in [1.165, 1.54) is 13.3 Å². The van der Waals surface area contributed by atoms with Gasteiger partial charge in [-0.3, -0.25) is 4.98 Å². The van der Waals surface area contributed by atoms with E-state index in [0.29, 0.717) is 12.1 Å². The van der Waals surface area contributed by atoms with Gasteiger partial charge in [0.15, 0.2) is 0 Å². The first kappa shape index (κ1) is 12.4. The Bertz CT molecular complexity index is 347. The van der Waals surface area contributed by atoms with Crippen molar-refractivity contribution in [3.05, 3.63) is 42.2 Å². The Morgan fingerprint density at radius 3 is 3.00 bits per heavy atom. The summed E-state index contributed by atoms with van der Waals surface area (Å²) in [5, 5.41) is 3.22. The third kappa shape index (κ3) is 3.82. The summed E-state index contributed by atoms with van der Waals surface area (Å²) in [6.07, 6.45) is 4.32. The fraction of sp³-hybridized carbons (Fsp3) is 0.333. The van der Waals surface area contributed by atoms with Crippen molar-refractivity contribution in [2.45, 2.75) is 13.0 Å². The molecular formula is C12H16N2O2. The number of hydrogen-bond donors (Lipinski definition) is 1. The SMILES string of the molecule is C=CCCNCc1ccc(C(=O)OC)cn1. The smallest absolute Gasteiger partial charge is 0.339 e. The zero-order valence-corrected chi connectivity index (χ0v) is 9.40. The lowest BCUT2D eigenvalue weighted by Crippen LogP contribution is -2.15. The molecule has 0 radical (unpaired) electrons. The Labute approximate surface area is 95.3 Å². The van der Waals surface area contributed by atoms with Crippen LogP contribution in [0.1, 0.15) is 22.5 Å². The minimum absolute atomic E-state index is 0.362. The van der Waals surface area contributed by atoms with E-state index in [1.807, 2.05) is 12.1 Å². The van der Waals surface area contributed by atoms with E-state index >= 15 is 0 Å². The number of carbonyl (C=O) groups excluding carboxylic acids is 1. The summed E-state index contributed by atoms with van der Waals surface area (Å²) >= 11 is 0. The van der Waals surface area contributed by atoms with E-state index in [-0.39, 0.29) is 5.97 Å². The van der Waals surface area contributed by atoms with Crippen LogP contribution in [0.4, 0.5) is 0 Å².